The van der Waals surface area contributed by atoms with E-state index < -0.39 is 19.7 Å². The van der Waals surface area contributed by atoms with Crippen molar-refractivity contribution in [2.45, 2.75) is 59.1 Å². The van der Waals surface area contributed by atoms with E-state index in [1.165, 1.54) is 0 Å². The molecule has 6 aromatic carbocycles. The molecule has 0 atom stereocenters. The monoisotopic (exact) mass is 702 g/mol. The number of sulfone groups is 2. The van der Waals surface area contributed by atoms with Gasteiger partial charge in [0.25, 0.3) is 0 Å². The van der Waals surface area contributed by atoms with Gasteiger partial charge >= 0.3 is 0 Å². The molecular formula is C42H38O6S2. The van der Waals surface area contributed by atoms with Gasteiger partial charge in [-0.1, -0.05) is 74.9 Å². The minimum absolute atomic E-state index is 0.0202. The number of hydrogen-bond donors (Lipinski definition) is 0. The van der Waals surface area contributed by atoms with Crippen molar-refractivity contribution in [3.63, 3.8) is 0 Å². The number of hydrogen-bond acceptors (Lipinski definition) is 6. The largest absolute Gasteiger partial charge is 0.457 e. The molecule has 0 amide bonds. The third-order valence-electron chi connectivity index (χ3n) is 8.94. The van der Waals surface area contributed by atoms with Crippen LogP contribution in [-0.4, -0.2) is 16.8 Å². The van der Waals surface area contributed by atoms with Crippen LogP contribution in [0.2, 0.25) is 0 Å². The predicted molar refractivity (Wildman–Crippen MR) is 197 cm³/mol. The van der Waals surface area contributed by atoms with Crippen molar-refractivity contribution < 1.29 is 26.3 Å². The SMILES string of the molecule is CCC(C)(C)c1ccc(S(=O)(=O)c2ccc(Oc3ccc(-c4ccc(Oc5ccc(S(=O)(=O)c6ccc(C)cc6)cc5)cc4)cc3)cc2)cc1. The normalized spacial score (nSPS) is 12.0. The molecule has 0 saturated heterocycles. The van der Waals surface area contributed by atoms with E-state index in [0.29, 0.717) is 23.0 Å². The lowest BCUT2D eigenvalue weighted by molar-refractivity contribution is 0.481. The molecule has 0 radical (unpaired) electrons. The predicted octanol–water partition coefficient (Wildman–Crippen LogP) is 10.6. The van der Waals surface area contributed by atoms with E-state index in [9.17, 15) is 16.8 Å². The molecule has 0 spiro atoms. The van der Waals surface area contributed by atoms with Gasteiger partial charge in [-0.2, -0.15) is 0 Å². The summed E-state index contributed by atoms with van der Waals surface area (Å²) in [4.78, 5) is 0.924. The molecule has 0 aliphatic carbocycles. The Morgan fingerprint density at radius 2 is 0.720 bits per heavy atom. The minimum Gasteiger partial charge on any atom is -0.457 e. The van der Waals surface area contributed by atoms with E-state index in [1.54, 1.807) is 84.9 Å². The van der Waals surface area contributed by atoms with Crippen molar-refractivity contribution >= 4 is 19.7 Å². The lowest BCUT2D eigenvalue weighted by Crippen LogP contribution is -2.15. The second kappa shape index (κ2) is 14.0. The zero-order valence-electron chi connectivity index (χ0n) is 28.3. The molecule has 0 N–H and O–H groups in total. The molecule has 254 valence electrons. The van der Waals surface area contributed by atoms with Gasteiger partial charge in [-0.15, -0.1) is 0 Å². The van der Waals surface area contributed by atoms with E-state index in [2.05, 4.69) is 20.8 Å². The van der Waals surface area contributed by atoms with Crippen molar-refractivity contribution in [1.29, 1.82) is 0 Å². The fourth-order valence-electron chi connectivity index (χ4n) is 5.36. The summed E-state index contributed by atoms with van der Waals surface area (Å²) in [6, 6.07) is 42.0. The number of ether oxygens (including phenoxy) is 2. The van der Waals surface area contributed by atoms with Crippen LogP contribution in [0.1, 0.15) is 38.3 Å². The Labute approximate surface area is 294 Å². The van der Waals surface area contributed by atoms with Gasteiger partial charge in [-0.3, -0.25) is 0 Å². The van der Waals surface area contributed by atoms with Gasteiger partial charge in [-0.25, -0.2) is 16.8 Å². The molecule has 6 rings (SSSR count). The van der Waals surface area contributed by atoms with E-state index in [-0.39, 0.29) is 25.0 Å². The molecule has 0 unspecified atom stereocenters. The van der Waals surface area contributed by atoms with Crippen molar-refractivity contribution in [3.05, 3.63) is 157 Å². The minimum atomic E-state index is -3.66. The second-order valence-electron chi connectivity index (χ2n) is 12.8. The van der Waals surface area contributed by atoms with Crippen LogP contribution in [0.4, 0.5) is 0 Å². The Morgan fingerprint density at radius 3 is 1.04 bits per heavy atom. The standard InChI is InChI=1S/C42H38O6S2/c1-5-42(3,4)33-12-24-39(25-13-33)50(45,46)41-28-20-37(21-29-41)48-35-16-10-32(11-17-35)31-8-14-34(15-9-31)47-36-18-26-40(27-19-36)49(43,44)38-22-6-30(2)7-23-38/h6-29H,5H2,1-4H3. The molecule has 0 aromatic heterocycles. The fourth-order valence-corrected chi connectivity index (χ4v) is 7.88. The topological polar surface area (TPSA) is 86.7 Å². The maximum atomic E-state index is 13.2. The van der Waals surface area contributed by atoms with Crippen LogP contribution in [0.15, 0.2) is 165 Å². The summed E-state index contributed by atoms with van der Waals surface area (Å²) in [6.45, 7) is 8.32. The van der Waals surface area contributed by atoms with E-state index in [4.69, 9.17) is 9.47 Å². The Bertz CT molecular complexity index is 2290. The first-order valence-corrected chi connectivity index (χ1v) is 19.3. The Balaban J connectivity index is 1.06. The quantitative estimate of drug-likeness (QED) is 0.134. The van der Waals surface area contributed by atoms with Gasteiger partial charge in [0.1, 0.15) is 23.0 Å². The highest BCUT2D eigenvalue weighted by molar-refractivity contribution is 7.91. The summed E-state index contributed by atoms with van der Waals surface area (Å²) in [5.74, 6) is 2.29. The lowest BCUT2D eigenvalue weighted by Gasteiger charge is -2.23. The zero-order chi connectivity index (χ0) is 35.5. The second-order valence-corrected chi connectivity index (χ2v) is 16.7. The molecule has 8 heteroatoms. The van der Waals surface area contributed by atoms with Crippen LogP contribution in [0.5, 0.6) is 23.0 Å². The molecule has 0 aliphatic heterocycles. The van der Waals surface area contributed by atoms with Crippen LogP contribution < -0.4 is 9.47 Å². The molecule has 0 fully saturated rings. The van der Waals surface area contributed by atoms with Gasteiger partial charge in [0.05, 0.1) is 19.6 Å². The van der Waals surface area contributed by atoms with Gasteiger partial charge in [0.2, 0.25) is 19.7 Å². The van der Waals surface area contributed by atoms with E-state index in [0.717, 1.165) is 28.7 Å². The van der Waals surface area contributed by atoms with Gasteiger partial charge < -0.3 is 9.47 Å². The maximum Gasteiger partial charge on any atom is 0.206 e. The zero-order valence-corrected chi connectivity index (χ0v) is 30.0. The first-order valence-electron chi connectivity index (χ1n) is 16.3. The third-order valence-corrected chi connectivity index (χ3v) is 12.5. The van der Waals surface area contributed by atoms with E-state index in [1.807, 2.05) is 67.6 Å². The van der Waals surface area contributed by atoms with E-state index >= 15 is 0 Å². The summed E-state index contributed by atoms with van der Waals surface area (Å²) in [5.41, 5.74) is 4.03. The highest BCUT2D eigenvalue weighted by Crippen LogP contribution is 2.32. The van der Waals surface area contributed by atoms with Crippen LogP contribution >= 0.6 is 0 Å². The van der Waals surface area contributed by atoms with Crippen molar-refractivity contribution in [2.75, 3.05) is 0 Å². The average Bonchev–Trinajstić information content (AvgIpc) is 3.13. The summed E-state index contributed by atoms with van der Waals surface area (Å²) in [6.07, 6.45) is 0.956. The summed E-state index contributed by atoms with van der Waals surface area (Å²) >= 11 is 0. The molecule has 6 aromatic rings. The first kappa shape index (κ1) is 34.7. The molecule has 0 aliphatic rings. The molecule has 0 heterocycles. The van der Waals surface area contributed by atoms with Gasteiger partial charge in [0, 0.05) is 0 Å². The maximum absolute atomic E-state index is 13.2. The van der Waals surface area contributed by atoms with Crippen molar-refractivity contribution in [1.82, 2.24) is 0 Å². The summed E-state index contributed by atoms with van der Waals surface area (Å²) in [5, 5.41) is 0. The van der Waals surface area contributed by atoms with Gasteiger partial charge in [-0.05, 0) is 133 Å². The fraction of sp³-hybridized carbons (Fsp3) is 0.143. The van der Waals surface area contributed by atoms with Crippen LogP contribution in [0, 0.1) is 6.92 Å². The summed E-state index contributed by atoms with van der Waals surface area (Å²) < 4.78 is 64.4. The first-order chi connectivity index (χ1) is 23.8. The molecule has 0 saturated carbocycles. The molecular weight excluding hydrogens is 665 g/mol. The van der Waals surface area contributed by atoms with Gasteiger partial charge in [0.15, 0.2) is 0 Å². The highest BCUT2D eigenvalue weighted by Gasteiger charge is 2.22. The molecule has 0 bridgehead atoms. The lowest BCUT2D eigenvalue weighted by atomic mass is 9.82. The Kier molecular flexibility index (Phi) is 9.69. The molecule has 50 heavy (non-hydrogen) atoms. The Morgan fingerprint density at radius 1 is 0.440 bits per heavy atom. The number of benzene rings is 6. The average molecular weight is 703 g/mol. The van der Waals surface area contributed by atoms with Crippen LogP contribution in [0.25, 0.3) is 11.1 Å². The molecule has 6 nitrogen and oxygen atoms in total. The third kappa shape index (κ3) is 7.52. The van der Waals surface area contributed by atoms with Crippen LogP contribution in [-0.2, 0) is 25.1 Å². The summed E-state index contributed by atoms with van der Waals surface area (Å²) in [7, 11) is -7.27. The smallest absolute Gasteiger partial charge is 0.206 e. The van der Waals surface area contributed by atoms with Crippen LogP contribution in [0.3, 0.4) is 0 Å². The number of rotatable bonds is 11. The highest BCUT2D eigenvalue weighted by atomic mass is 32.2. The number of aryl methyl sites for hydroxylation is 1. The van der Waals surface area contributed by atoms with Crippen molar-refractivity contribution in [3.8, 4) is 34.1 Å². The van der Waals surface area contributed by atoms with Crippen molar-refractivity contribution in [2.24, 2.45) is 0 Å². The Hall–Kier alpha value is -5.18.